The van der Waals surface area contributed by atoms with Crippen LogP contribution in [0.25, 0.3) is 5.57 Å². The van der Waals surface area contributed by atoms with E-state index < -0.39 is 6.61 Å². The van der Waals surface area contributed by atoms with Crippen LogP contribution in [0.3, 0.4) is 0 Å². The minimum atomic E-state index is -2.77. The van der Waals surface area contributed by atoms with E-state index in [0.717, 1.165) is 24.0 Å². The molecule has 16 heavy (non-hydrogen) atoms. The van der Waals surface area contributed by atoms with Gasteiger partial charge in [-0.15, -0.1) is 0 Å². The summed E-state index contributed by atoms with van der Waals surface area (Å²) in [5.41, 5.74) is 2.10. The molecule has 0 N–H and O–H groups in total. The van der Waals surface area contributed by atoms with E-state index >= 15 is 0 Å². The van der Waals surface area contributed by atoms with Gasteiger partial charge in [-0.25, -0.2) is 0 Å². The van der Waals surface area contributed by atoms with Gasteiger partial charge in [-0.1, -0.05) is 30.4 Å². The molecule has 0 amide bonds. The first-order valence-corrected chi connectivity index (χ1v) is 5.16. The topological polar surface area (TPSA) is 9.23 Å². The van der Waals surface area contributed by atoms with Crippen LogP contribution < -0.4 is 4.74 Å². The lowest BCUT2D eigenvalue weighted by atomic mass is 9.97. The zero-order valence-corrected chi connectivity index (χ0v) is 8.70. The Hall–Kier alpha value is -1.64. The summed E-state index contributed by atoms with van der Waals surface area (Å²) in [6.45, 7) is -2.77. The Morgan fingerprint density at radius 1 is 1.25 bits per heavy atom. The van der Waals surface area contributed by atoms with E-state index in [4.69, 9.17) is 0 Å². The summed E-state index contributed by atoms with van der Waals surface area (Å²) in [6.07, 6.45) is 8.01. The van der Waals surface area contributed by atoms with Crippen molar-refractivity contribution in [2.45, 2.75) is 19.5 Å². The standard InChI is InChI=1S/C13H12F2O/c14-13(15)16-12-8-4-7-11(9-12)10-5-2-1-3-6-10/h1-2,4-5,7-9,13H,3,6H2. The minimum absolute atomic E-state index is 0.211. The van der Waals surface area contributed by atoms with Gasteiger partial charge in [0.1, 0.15) is 5.75 Å². The second kappa shape index (κ2) is 4.92. The van der Waals surface area contributed by atoms with Crippen LogP contribution in [0.5, 0.6) is 5.75 Å². The molecule has 1 aromatic rings. The van der Waals surface area contributed by atoms with Crippen molar-refractivity contribution in [2.24, 2.45) is 0 Å². The number of ether oxygens (including phenoxy) is 1. The quantitative estimate of drug-likeness (QED) is 0.750. The lowest BCUT2D eigenvalue weighted by Crippen LogP contribution is -2.02. The van der Waals surface area contributed by atoms with E-state index in [0.29, 0.717) is 0 Å². The average Bonchev–Trinajstić information content (AvgIpc) is 2.30. The maximum Gasteiger partial charge on any atom is 0.387 e. The van der Waals surface area contributed by atoms with Crippen LogP contribution in [0.1, 0.15) is 18.4 Å². The largest absolute Gasteiger partial charge is 0.435 e. The first-order chi connectivity index (χ1) is 7.75. The van der Waals surface area contributed by atoms with Crippen LogP contribution in [0.4, 0.5) is 8.78 Å². The number of allylic oxidation sites excluding steroid dienone is 4. The van der Waals surface area contributed by atoms with Crippen molar-refractivity contribution < 1.29 is 13.5 Å². The van der Waals surface area contributed by atoms with Gasteiger partial charge in [-0.05, 0) is 36.1 Å². The van der Waals surface area contributed by atoms with Crippen LogP contribution >= 0.6 is 0 Å². The van der Waals surface area contributed by atoms with Crippen LogP contribution in [0.2, 0.25) is 0 Å². The second-order valence-corrected chi connectivity index (χ2v) is 3.57. The van der Waals surface area contributed by atoms with E-state index in [2.05, 4.69) is 10.8 Å². The predicted molar refractivity (Wildman–Crippen MR) is 59.4 cm³/mol. The molecule has 0 saturated heterocycles. The first kappa shape index (κ1) is 10.9. The van der Waals surface area contributed by atoms with Gasteiger partial charge in [0.05, 0.1) is 0 Å². The summed E-state index contributed by atoms with van der Waals surface area (Å²) in [5, 5.41) is 0. The number of hydrogen-bond donors (Lipinski definition) is 0. The van der Waals surface area contributed by atoms with Gasteiger partial charge in [-0.2, -0.15) is 8.78 Å². The third kappa shape index (κ3) is 2.69. The van der Waals surface area contributed by atoms with E-state index in [9.17, 15) is 8.78 Å². The monoisotopic (exact) mass is 222 g/mol. The number of halogens is 2. The summed E-state index contributed by atoms with van der Waals surface area (Å²) >= 11 is 0. The Labute approximate surface area is 93.0 Å². The lowest BCUT2D eigenvalue weighted by molar-refractivity contribution is -0.0498. The summed E-state index contributed by atoms with van der Waals surface area (Å²) in [7, 11) is 0. The van der Waals surface area contributed by atoms with Gasteiger partial charge in [0.25, 0.3) is 0 Å². The zero-order chi connectivity index (χ0) is 11.4. The summed E-state index contributed by atoms with van der Waals surface area (Å²) in [5.74, 6) is 0.211. The Kier molecular flexibility index (Phi) is 3.34. The van der Waals surface area contributed by atoms with Gasteiger partial charge in [-0.3, -0.25) is 0 Å². The third-order valence-corrected chi connectivity index (χ3v) is 2.44. The maximum atomic E-state index is 12.0. The number of alkyl halides is 2. The Bertz CT molecular complexity index is 422. The molecule has 0 aliphatic heterocycles. The zero-order valence-electron chi connectivity index (χ0n) is 8.70. The molecule has 1 nitrogen and oxygen atoms in total. The molecule has 0 aromatic heterocycles. The molecule has 0 unspecified atom stereocenters. The number of rotatable bonds is 3. The van der Waals surface area contributed by atoms with Gasteiger partial charge < -0.3 is 4.74 Å². The van der Waals surface area contributed by atoms with Crippen molar-refractivity contribution in [3.05, 3.63) is 48.1 Å². The molecule has 0 spiro atoms. The number of benzene rings is 1. The summed E-state index contributed by atoms with van der Waals surface area (Å²) in [6, 6.07) is 6.82. The number of hydrogen-bond acceptors (Lipinski definition) is 1. The lowest BCUT2D eigenvalue weighted by Gasteiger charge is -2.11. The van der Waals surface area contributed by atoms with E-state index in [1.165, 1.54) is 6.07 Å². The van der Waals surface area contributed by atoms with Crippen LogP contribution in [0, 0.1) is 0 Å². The predicted octanol–water partition coefficient (Wildman–Crippen LogP) is 4.02. The summed E-state index contributed by atoms with van der Waals surface area (Å²) < 4.78 is 28.5. The van der Waals surface area contributed by atoms with Crippen molar-refractivity contribution in [2.75, 3.05) is 0 Å². The van der Waals surface area contributed by atoms with E-state index in [-0.39, 0.29) is 5.75 Å². The molecule has 0 bridgehead atoms. The Balaban J connectivity index is 2.21. The molecule has 1 aliphatic carbocycles. The second-order valence-electron chi connectivity index (χ2n) is 3.57. The molecule has 2 rings (SSSR count). The highest BCUT2D eigenvalue weighted by Gasteiger charge is 2.07. The van der Waals surface area contributed by atoms with Crippen molar-refractivity contribution in [1.29, 1.82) is 0 Å². The Morgan fingerprint density at radius 2 is 2.12 bits per heavy atom. The van der Waals surface area contributed by atoms with E-state index in [1.54, 1.807) is 12.1 Å². The normalized spacial score (nSPS) is 15.1. The molecule has 3 heteroatoms. The molecular formula is C13H12F2O. The molecule has 0 heterocycles. The van der Waals surface area contributed by atoms with E-state index in [1.807, 2.05) is 18.2 Å². The van der Waals surface area contributed by atoms with Crippen molar-refractivity contribution in [3.8, 4) is 5.75 Å². The van der Waals surface area contributed by atoms with Gasteiger partial charge in [0, 0.05) is 0 Å². The smallest absolute Gasteiger partial charge is 0.387 e. The van der Waals surface area contributed by atoms with Crippen molar-refractivity contribution in [3.63, 3.8) is 0 Å². The summed E-state index contributed by atoms with van der Waals surface area (Å²) in [4.78, 5) is 0. The molecule has 0 radical (unpaired) electrons. The molecule has 0 fully saturated rings. The first-order valence-electron chi connectivity index (χ1n) is 5.16. The van der Waals surface area contributed by atoms with Gasteiger partial charge in [0.15, 0.2) is 0 Å². The molecule has 0 atom stereocenters. The minimum Gasteiger partial charge on any atom is -0.435 e. The molecule has 0 saturated carbocycles. The average molecular weight is 222 g/mol. The third-order valence-electron chi connectivity index (χ3n) is 2.44. The highest BCUT2D eigenvalue weighted by Crippen LogP contribution is 2.26. The van der Waals surface area contributed by atoms with Gasteiger partial charge in [0.2, 0.25) is 0 Å². The van der Waals surface area contributed by atoms with Crippen LogP contribution in [-0.2, 0) is 0 Å². The highest BCUT2D eigenvalue weighted by atomic mass is 19.3. The molecular weight excluding hydrogens is 210 g/mol. The molecule has 1 aliphatic rings. The fourth-order valence-electron chi connectivity index (χ4n) is 1.72. The fourth-order valence-corrected chi connectivity index (χ4v) is 1.72. The van der Waals surface area contributed by atoms with Gasteiger partial charge >= 0.3 is 6.61 Å². The van der Waals surface area contributed by atoms with Crippen LogP contribution in [-0.4, -0.2) is 6.61 Å². The Morgan fingerprint density at radius 3 is 2.81 bits per heavy atom. The molecule has 84 valence electrons. The van der Waals surface area contributed by atoms with Crippen LogP contribution in [0.15, 0.2) is 42.5 Å². The van der Waals surface area contributed by atoms with Crippen molar-refractivity contribution in [1.82, 2.24) is 0 Å². The maximum absolute atomic E-state index is 12.0. The fraction of sp³-hybridized carbons (Fsp3) is 0.231. The van der Waals surface area contributed by atoms with Crippen molar-refractivity contribution >= 4 is 5.57 Å². The highest BCUT2D eigenvalue weighted by molar-refractivity contribution is 5.69. The SMILES string of the molecule is FC(F)Oc1cccc(C2=CC=CCC2)c1. The molecule has 1 aromatic carbocycles.